The average Bonchev–Trinajstić information content (AvgIpc) is 3.38. The van der Waals surface area contributed by atoms with Crippen LogP contribution in [0.5, 0.6) is 23.0 Å². The van der Waals surface area contributed by atoms with Gasteiger partial charge >= 0.3 is 0 Å². The minimum absolute atomic E-state index is 0.0273. The number of carbonyl (C=O) groups is 2. The van der Waals surface area contributed by atoms with Gasteiger partial charge in [-0.25, -0.2) is 0 Å². The highest BCUT2D eigenvalue weighted by Crippen LogP contribution is 2.40. The number of anilines is 2. The van der Waals surface area contributed by atoms with E-state index in [9.17, 15) is 9.59 Å². The molecule has 2 amide bonds. The molecule has 4 heterocycles. The third-order valence-corrected chi connectivity index (χ3v) is 10.3. The molecule has 4 aromatic rings. The maximum atomic E-state index is 13.9. The number of benzene rings is 4. The molecule has 4 aromatic carbocycles. The number of hydrogen-bond acceptors (Lipinski definition) is 9. The first-order valence-corrected chi connectivity index (χ1v) is 17.4. The lowest BCUT2D eigenvalue weighted by molar-refractivity contribution is 0.0659. The summed E-state index contributed by atoms with van der Waals surface area (Å²) in [5.74, 6) is 1.92. The Kier molecular flexibility index (Phi) is 8.63. The zero-order valence-electron chi connectivity index (χ0n) is 29.0. The number of aliphatic imine (C=N–C) groups is 1. The first-order chi connectivity index (χ1) is 24.9. The molecule has 2 unspecified atom stereocenters. The van der Waals surface area contributed by atoms with Crippen LogP contribution < -0.4 is 29.6 Å². The monoisotopic (exact) mass is 687 g/mol. The molecule has 0 radical (unpaired) electrons. The molecule has 0 saturated heterocycles. The van der Waals surface area contributed by atoms with Crippen LogP contribution >= 0.6 is 0 Å². The summed E-state index contributed by atoms with van der Waals surface area (Å²) >= 11 is 0. The molecule has 8 rings (SSSR count). The van der Waals surface area contributed by atoms with E-state index in [-0.39, 0.29) is 23.9 Å². The van der Waals surface area contributed by atoms with Crippen molar-refractivity contribution < 1.29 is 28.5 Å². The number of nitrogens with one attached hydrogen (secondary N) is 2. The van der Waals surface area contributed by atoms with Gasteiger partial charge in [0.1, 0.15) is 0 Å². The predicted octanol–water partition coefficient (Wildman–Crippen LogP) is 5.87. The van der Waals surface area contributed by atoms with E-state index in [1.807, 2.05) is 41.3 Å². The lowest BCUT2D eigenvalue weighted by atomic mass is 9.93. The van der Waals surface area contributed by atoms with E-state index < -0.39 is 0 Å². The summed E-state index contributed by atoms with van der Waals surface area (Å²) in [5.41, 5.74) is 8.21. The van der Waals surface area contributed by atoms with Gasteiger partial charge < -0.3 is 39.4 Å². The molecule has 0 aliphatic carbocycles. The van der Waals surface area contributed by atoms with Gasteiger partial charge in [-0.2, -0.15) is 0 Å². The Hall–Kier alpha value is -5.71. The van der Waals surface area contributed by atoms with Gasteiger partial charge in [0.25, 0.3) is 11.8 Å². The molecule has 4 aliphatic heterocycles. The number of hydrogen-bond donors (Lipinski definition) is 2. The standard InChI is InChI=1S/C40H41N5O6/c1-41-28-10-9-25-15-30-21-43-34-19-38(36(49-3)17-32(34)40(47)45(30)23-27(25)13-28)51-12-6-11-50-37-18-33-31(16-35(37)48-2)39(46)44-22-26-8-5-4-7-24(26)14-29(44)20-42-33/h4-5,7-10,13,16-20,29-30,41,43H,6,11-12,14-15,21-23H2,1-3H3. The zero-order valence-corrected chi connectivity index (χ0v) is 29.0. The van der Waals surface area contributed by atoms with E-state index in [0.29, 0.717) is 79.1 Å². The van der Waals surface area contributed by atoms with Gasteiger partial charge in [-0.15, -0.1) is 0 Å². The summed E-state index contributed by atoms with van der Waals surface area (Å²) in [4.78, 5) is 36.1. The highest BCUT2D eigenvalue weighted by Gasteiger charge is 2.36. The molecular weight excluding hydrogens is 646 g/mol. The second-order valence-electron chi connectivity index (χ2n) is 13.3. The number of carbonyl (C=O) groups excluding carboxylic acids is 2. The SMILES string of the molecule is CNc1ccc2c(c1)CN1C(=O)c3cc(OC)c(OCCCOc4cc5c(cc4OC)C(=O)N4Cc6ccccc6CC4C=N5)cc3NCC1C2. The summed E-state index contributed by atoms with van der Waals surface area (Å²) in [5, 5.41) is 6.70. The topological polar surface area (TPSA) is 114 Å². The van der Waals surface area contributed by atoms with E-state index in [1.54, 1.807) is 32.4 Å². The quantitative estimate of drug-likeness (QED) is 0.210. The van der Waals surface area contributed by atoms with Crippen LogP contribution in [0.25, 0.3) is 0 Å². The zero-order chi connectivity index (χ0) is 35.1. The molecule has 11 heteroatoms. The highest BCUT2D eigenvalue weighted by atomic mass is 16.5. The molecule has 0 bridgehead atoms. The van der Waals surface area contributed by atoms with Gasteiger partial charge in [-0.05, 0) is 59.4 Å². The minimum atomic E-state index is -0.115. The van der Waals surface area contributed by atoms with Crippen LogP contribution in [0.15, 0.2) is 71.7 Å². The smallest absolute Gasteiger partial charge is 0.257 e. The summed E-state index contributed by atoms with van der Waals surface area (Å²) < 4.78 is 23.7. The number of ether oxygens (including phenoxy) is 4. The van der Waals surface area contributed by atoms with Crippen LogP contribution in [0.1, 0.15) is 49.4 Å². The van der Waals surface area contributed by atoms with E-state index in [1.165, 1.54) is 11.1 Å². The highest BCUT2D eigenvalue weighted by molar-refractivity contribution is 6.04. The molecule has 0 saturated carbocycles. The van der Waals surface area contributed by atoms with Crippen molar-refractivity contribution >= 4 is 35.1 Å². The summed E-state index contributed by atoms with van der Waals surface area (Å²) in [6, 6.07) is 21.6. The van der Waals surface area contributed by atoms with Gasteiger partial charge in [0.15, 0.2) is 23.0 Å². The van der Waals surface area contributed by atoms with Gasteiger partial charge in [0, 0.05) is 57.1 Å². The Balaban J connectivity index is 0.921. The normalized spacial score (nSPS) is 18.4. The van der Waals surface area contributed by atoms with Crippen LogP contribution in [-0.2, 0) is 25.9 Å². The first kappa shape index (κ1) is 32.5. The number of amides is 2. The fraction of sp³-hybridized carbons (Fsp3) is 0.325. The van der Waals surface area contributed by atoms with Crippen molar-refractivity contribution in [3.8, 4) is 23.0 Å². The summed E-state index contributed by atoms with van der Waals surface area (Å²) in [6.45, 7) is 2.42. The fourth-order valence-corrected chi connectivity index (χ4v) is 7.51. The Morgan fingerprint density at radius 3 is 2.22 bits per heavy atom. The Labute approximate surface area is 297 Å². The number of rotatable bonds is 9. The summed E-state index contributed by atoms with van der Waals surface area (Å²) in [6.07, 6.45) is 3.95. The molecule has 51 heavy (non-hydrogen) atoms. The van der Waals surface area contributed by atoms with Crippen molar-refractivity contribution in [2.45, 2.75) is 44.4 Å². The lowest BCUT2D eigenvalue weighted by Gasteiger charge is -2.35. The van der Waals surface area contributed by atoms with Gasteiger partial charge in [-0.3, -0.25) is 14.6 Å². The number of nitrogens with zero attached hydrogens (tertiary/aromatic N) is 3. The molecule has 0 spiro atoms. The second-order valence-corrected chi connectivity index (χ2v) is 13.3. The third kappa shape index (κ3) is 6.06. The summed E-state index contributed by atoms with van der Waals surface area (Å²) in [7, 11) is 5.04. The van der Waals surface area contributed by atoms with Gasteiger partial charge in [0.2, 0.25) is 0 Å². The molecular formula is C40H41N5O6. The van der Waals surface area contributed by atoms with E-state index >= 15 is 0 Å². The number of fused-ring (bicyclic) bond motifs is 6. The van der Waals surface area contributed by atoms with Gasteiger partial charge in [0.05, 0.1) is 62.0 Å². The Morgan fingerprint density at radius 1 is 0.765 bits per heavy atom. The fourth-order valence-electron chi connectivity index (χ4n) is 7.51. The molecule has 0 fully saturated rings. The molecule has 2 N–H and O–H groups in total. The minimum Gasteiger partial charge on any atom is -0.493 e. The van der Waals surface area contributed by atoms with Crippen LogP contribution in [0.4, 0.5) is 17.1 Å². The van der Waals surface area contributed by atoms with Crippen LogP contribution in [0.3, 0.4) is 0 Å². The third-order valence-electron chi connectivity index (χ3n) is 10.3. The second kappa shape index (κ2) is 13.5. The van der Waals surface area contributed by atoms with Crippen molar-refractivity contribution in [1.29, 1.82) is 0 Å². The number of methoxy groups -OCH3 is 2. The van der Waals surface area contributed by atoms with Crippen molar-refractivity contribution in [3.05, 3.63) is 100 Å². The van der Waals surface area contributed by atoms with E-state index in [4.69, 9.17) is 23.9 Å². The van der Waals surface area contributed by atoms with Crippen molar-refractivity contribution in [1.82, 2.24) is 9.80 Å². The average molecular weight is 688 g/mol. The van der Waals surface area contributed by atoms with E-state index in [2.05, 4.69) is 41.0 Å². The maximum absolute atomic E-state index is 13.9. The predicted molar refractivity (Wildman–Crippen MR) is 195 cm³/mol. The van der Waals surface area contributed by atoms with Crippen LogP contribution in [-0.4, -0.2) is 80.9 Å². The van der Waals surface area contributed by atoms with Crippen LogP contribution in [0, 0.1) is 0 Å². The van der Waals surface area contributed by atoms with Crippen LogP contribution in [0.2, 0.25) is 0 Å². The van der Waals surface area contributed by atoms with Crippen molar-refractivity contribution in [2.75, 3.05) is 51.7 Å². The molecule has 2 atom stereocenters. The molecule has 262 valence electrons. The first-order valence-electron chi connectivity index (χ1n) is 17.4. The Morgan fingerprint density at radius 2 is 1.45 bits per heavy atom. The lowest BCUT2D eigenvalue weighted by Crippen LogP contribution is -2.46. The van der Waals surface area contributed by atoms with E-state index in [0.717, 1.165) is 35.3 Å². The van der Waals surface area contributed by atoms with Crippen molar-refractivity contribution in [3.63, 3.8) is 0 Å². The Bertz CT molecular complexity index is 2050. The molecule has 11 nitrogen and oxygen atoms in total. The molecule has 0 aromatic heterocycles. The van der Waals surface area contributed by atoms with Gasteiger partial charge in [-0.1, -0.05) is 30.3 Å². The van der Waals surface area contributed by atoms with Crippen molar-refractivity contribution in [2.24, 2.45) is 4.99 Å². The maximum Gasteiger partial charge on any atom is 0.257 e. The molecule has 4 aliphatic rings. The largest absolute Gasteiger partial charge is 0.493 e.